The van der Waals surface area contributed by atoms with Crippen LogP contribution in [0.1, 0.15) is 32.6 Å². The van der Waals surface area contributed by atoms with Crippen LogP contribution in [-0.2, 0) is 0 Å². The minimum Gasteiger partial charge on any atom is -0.365 e. The largest absolute Gasteiger partial charge is 0.365 e. The van der Waals surface area contributed by atoms with Gasteiger partial charge in [0.1, 0.15) is 11.6 Å². The number of nitrogens with zero attached hydrogens (tertiary/aromatic N) is 1. The fourth-order valence-electron chi connectivity index (χ4n) is 2.86. The predicted molar refractivity (Wildman–Crippen MR) is 111 cm³/mol. The van der Waals surface area contributed by atoms with Crippen LogP contribution in [0.25, 0.3) is 0 Å². The van der Waals surface area contributed by atoms with E-state index >= 15 is 0 Å². The van der Waals surface area contributed by atoms with Gasteiger partial charge in [-0.15, -0.1) is 0 Å². The van der Waals surface area contributed by atoms with Crippen LogP contribution in [0.15, 0.2) is 48.5 Å². The second kappa shape index (κ2) is 7.50. The number of carbonyl (C=O) groups is 1. The summed E-state index contributed by atoms with van der Waals surface area (Å²) < 4.78 is 0. The maximum Gasteiger partial charge on any atom is 0.252 e. The molecule has 0 bridgehead atoms. The normalized spacial score (nSPS) is 10.5. The average Bonchev–Trinajstić information content (AvgIpc) is 2.63. The topological polar surface area (TPSA) is 80.0 Å². The van der Waals surface area contributed by atoms with E-state index in [2.05, 4.69) is 15.6 Å². The van der Waals surface area contributed by atoms with E-state index in [9.17, 15) is 4.79 Å². The fourth-order valence-corrected chi connectivity index (χ4v) is 2.86. The van der Waals surface area contributed by atoms with Gasteiger partial charge >= 0.3 is 0 Å². The Balaban J connectivity index is 2.04. The summed E-state index contributed by atoms with van der Waals surface area (Å²) in [6.45, 7) is 7.89. The van der Waals surface area contributed by atoms with Crippen LogP contribution >= 0.6 is 0 Å². The first kappa shape index (κ1) is 18.5. The van der Waals surface area contributed by atoms with E-state index in [1.807, 2.05) is 76.2 Å². The smallest absolute Gasteiger partial charge is 0.252 e. The molecular formula is C22H24N4O. The Bertz CT molecular complexity index is 977. The van der Waals surface area contributed by atoms with E-state index in [0.29, 0.717) is 17.2 Å². The van der Waals surface area contributed by atoms with Crippen LogP contribution in [0.3, 0.4) is 0 Å². The van der Waals surface area contributed by atoms with Crippen molar-refractivity contribution in [1.82, 2.24) is 4.98 Å². The number of primary amides is 1. The molecule has 0 atom stereocenters. The molecule has 2 aromatic carbocycles. The van der Waals surface area contributed by atoms with Crippen LogP contribution in [0.4, 0.5) is 23.0 Å². The number of hydrogen-bond acceptors (Lipinski definition) is 4. The van der Waals surface area contributed by atoms with E-state index in [-0.39, 0.29) is 0 Å². The summed E-state index contributed by atoms with van der Waals surface area (Å²) in [5, 5.41) is 6.57. The lowest BCUT2D eigenvalue weighted by Gasteiger charge is -2.18. The second-order valence-electron chi connectivity index (χ2n) is 6.78. The molecule has 0 radical (unpaired) electrons. The molecule has 0 saturated heterocycles. The summed E-state index contributed by atoms with van der Waals surface area (Å²) in [4.78, 5) is 16.7. The zero-order chi connectivity index (χ0) is 19.6. The standard InChI is InChI=1S/C22H24N4O/c1-13-5-9-17(10-6-13)24-21-16(4)15(3)19(20(23)27)22(26-21)25-18-11-7-14(2)8-12-18/h5-12H,1-4H3,(H2,23,27)(H2,24,25,26). The van der Waals surface area contributed by atoms with E-state index in [0.717, 1.165) is 28.1 Å². The Kier molecular flexibility index (Phi) is 5.12. The molecule has 138 valence electrons. The van der Waals surface area contributed by atoms with Crippen LogP contribution in [0.5, 0.6) is 0 Å². The Morgan fingerprint density at radius 3 is 1.63 bits per heavy atom. The van der Waals surface area contributed by atoms with Crippen LogP contribution in [0.2, 0.25) is 0 Å². The number of nitrogens with two attached hydrogens (primary N) is 1. The number of rotatable bonds is 5. The number of amides is 1. The predicted octanol–water partition coefficient (Wildman–Crippen LogP) is 4.90. The molecule has 5 heteroatoms. The van der Waals surface area contributed by atoms with Crippen molar-refractivity contribution in [1.29, 1.82) is 0 Å². The second-order valence-corrected chi connectivity index (χ2v) is 6.78. The first-order chi connectivity index (χ1) is 12.8. The van der Waals surface area contributed by atoms with Gasteiger partial charge in [0.05, 0.1) is 5.56 Å². The van der Waals surface area contributed by atoms with E-state index < -0.39 is 5.91 Å². The van der Waals surface area contributed by atoms with E-state index in [1.54, 1.807) is 0 Å². The first-order valence-corrected chi connectivity index (χ1v) is 8.83. The van der Waals surface area contributed by atoms with Crippen molar-refractivity contribution in [3.05, 3.63) is 76.3 Å². The van der Waals surface area contributed by atoms with Crippen molar-refractivity contribution in [2.75, 3.05) is 10.6 Å². The highest BCUT2D eigenvalue weighted by molar-refractivity contribution is 6.00. The SMILES string of the molecule is Cc1ccc(Nc2nc(Nc3ccc(C)cc3)c(C(N)=O)c(C)c2C)cc1. The fraction of sp³-hybridized carbons (Fsp3) is 0.182. The van der Waals surface area contributed by atoms with Gasteiger partial charge in [-0.3, -0.25) is 4.79 Å². The van der Waals surface area contributed by atoms with Gasteiger partial charge in [-0.2, -0.15) is 0 Å². The van der Waals surface area contributed by atoms with E-state index in [1.165, 1.54) is 5.56 Å². The summed E-state index contributed by atoms with van der Waals surface area (Å²) in [6.07, 6.45) is 0. The Labute approximate surface area is 159 Å². The summed E-state index contributed by atoms with van der Waals surface area (Å²) in [7, 11) is 0. The van der Waals surface area contributed by atoms with Gasteiger partial charge in [-0.25, -0.2) is 4.98 Å². The van der Waals surface area contributed by atoms with Gasteiger partial charge in [0.2, 0.25) is 0 Å². The molecule has 5 nitrogen and oxygen atoms in total. The van der Waals surface area contributed by atoms with E-state index in [4.69, 9.17) is 5.73 Å². The molecule has 3 aromatic rings. The average molecular weight is 360 g/mol. The van der Waals surface area contributed by atoms with Gasteiger partial charge in [0.15, 0.2) is 0 Å². The summed E-state index contributed by atoms with van der Waals surface area (Å²) in [6, 6.07) is 16.0. The third-order valence-electron chi connectivity index (χ3n) is 4.63. The van der Waals surface area contributed by atoms with Crippen molar-refractivity contribution >= 4 is 28.9 Å². The third-order valence-corrected chi connectivity index (χ3v) is 4.63. The summed E-state index contributed by atoms with van der Waals surface area (Å²) >= 11 is 0. The van der Waals surface area contributed by atoms with Gasteiger partial charge < -0.3 is 16.4 Å². The molecule has 1 amide bonds. The molecule has 0 aliphatic rings. The van der Waals surface area contributed by atoms with Crippen LogP contribution < -0.4 is 16.4 Å². The monoisotopic (exact) mass is 360 g/mol. The molecule has 1 aromatic heterocycles. The summed E-state index contributed by atoms with van der Waals surface area (Å²) in [5.41, 5.74) is 11.9. The van der Waals surface area contributed by atoms with Gasteiger partial charge in [-0.05, 0) is 63.1 Å². The van der Waals surface area contributed by atoms with Crippen LogP contribution in [0, 0.1) is 27.7 Å². The Hall–Kier alpha value is -3.34. The number of aromatic nitrogens is 1. The van der Waals surface area contributed by atoms with Gasteiger partial charge in [0.25, 0.3) is 5.91 Å². The molecule has 0 saturated carbocycles. The highest BCUT2D eigenvalue weighted by Gasteiger charge is 2.19. The number of benzene rings is 2. The lowest BCUT2D eigenvalue weighted by molar-refractivity contribution is 0.1000. The number of carbonyl (C=O) groups excluding carboxylic acids is 1. The number of hydrogen-bond donors (Lipinski definition) is 3. The van der Waals surface area contributed by atoms with Crippen molar-refractivity contribution in [2.45, 2.75) is 27.7 Å². The molecule has 0 fully saturated rings. The highest BCUT2D eigenvalue weighted by Crippen LogP contribution is 2.30. The lowest BCUT2D eigenvalue weighted by Crippen LogP contribution is -2.18. The van der Waals surface area contributed by atoms with Crippen LogP contribution in [-0.4, -0.2) is 10.9 Å². The molecule has 0 aliphatic carbocycles. The quantitative estimate of drug-likeness (QED) is 0.604. The zero-order valence-electron chi connectivity index (χ0n) is 16.1. The minimum atomic E-state index is -0.500. The first-order valence-electron chi connectivity index (χ1n) is 8.83. The number of pyridine rings is 1. The van der Waals surface area contributed by atoms with Gasteiger partial charge in [0, 0.05) is 11.4 Å². The van der Waals surface area contributed by atoms with Crippen molar-refractivity contribution < 1.29 is 4.79 Å². The molecule has 0 unspecified atom stereocenters. The highest BCUT2D eigenvalue weighted by atomic mass is 16.1. The Morgan fingerprint density at radius 1 is 0.741 bits per heavy atom. The number of nitrogens with one attached hydrogen (secondary N) is 2. The van der Waals surface area contributed by atoms with Crippen molar-refractivity contribution in [2.24, 2.45) is 5.73 Å². The minimum absolute atomic E-state index is 0.405. The number of anilines is 4. The molecule has 0 spiro atoms. The molecule has 0 aliphatic heterocycles. The molecule has 27 heavy (non-hydrogen) atoms. The summed E-state index contributed by atoms with van der Waals surface area (Å²) in [5.74, 6) is 0.639. The molecule has 3 rings (SSSR count). The molecular weight excluding hydrogens is 336 g/mol. The maximum absolute atomic E-state index is 12.1. The molecule has 1 heterocycles. The zero-order valence-corrected chi connectivity index (χ0v) is 16.1. The number of aryl methyl sites for hydroxylation is 2. The van der Waals surface area contributed by atoms with Gasteiger partial charge in [-0.1, -0.05) is 35.4 Å². The molecule has 4 N–H and O–H groups in total. The maximum atomic E-state index is 12.1. The van der Waals surface area contributed by atoms with Crippen molar-refractivity contribution in [3.63, 3.8) is 0 Å². The van der Waals surface area contributed by atoms with Crippen molar-refractivity contribution in [3.8, 4) is 0 Å². The lowest BCUT2D eigenvalue weighted by atomic mass is 10.0. The third kappa shape index (κ3) is 4.08. The Morgan fingerprint density at radius 2 is 1.19 bits per heavy atom.